The number of rotatable bonds is 10. The van der Waals surface area contributed by atoms with Gasteiger partial charge in [0.2, 0.25) is 17.8 Å². The number of ether oxygens (including phenoxy) is 1. The Morgan fingerprint density at radius 2 is 1.88 bits per heavy atom. The summed E-state index contributed by atoms with van der Waals surface area (Å²) in [5.74, 6) is 0.598. The number of amides is 1. The Bertz CT molecular complexity index is 1120. The largest absolute Gasteiger partial charge is 0.492 e. The van der Waals surface area contributed by atoms with Crippen molar-refractivity contribution in [3.8, 4) is 5.75 Å². The Morgan fingerprint density at radius 1 is 1.12 bits per heavy atom. The molecule has 0 atom stereocenters. The molecule has 178 valence electrons. The Labute approximate surface area is 191 Å². The summed E-state index contributed by atoms with van der Waals surface area (Å²) in [6.45, 7) is 6.94. The van der Waals surface area contributed by atoms with E-state index >= 15 is 0 Å². The van der Waals surface area contributed by atoms with Crippen LogP contribution in [0.5, 0.6) is 5.75 Å². The summed E-state index contributed by atoms with van der Waals surface area (Å²) in [7, 11) is 0. The minimum atomic E-state index is -4.55. The summed E-state index contributed by atoms with van der Waals surface area (Å²) in [6, 6.07) is 2.93. The summed E-state index contributed by atoms with van der Waals surface area (Å²) in [4.78, 5) is 21.2. The van der Waals surface area contributed by atoms with E-state index in [9.17, 15) is 18.0 Å². The number of nitrogens with one attached hydrogen (secondary N) is 3. The summed E-state index contributed by atoms with van der Waals surface area (Å²) in [5.41, 5.74) is -0.948. The molecule has 0 aliphatic rings. The number of carbonyl (C=O) groups excluding carboxylic acids is 1. The molecule has 0 aliphatic heterocycles. The molecule has 0 unspecified atom stereocenters. The normalized spacial score (nSPS) is 11.5. The van der Waals surface area contributed by atoms with E-state index in [1.54, 1.807) is 11.3 Å². The van der Waals surface area contributed by atoms with Gasteiger partial charge >= 0.3 is 6.18 Å². The zero-order valence-electron chi connectivity index (χ0n) is 18.2. The van der Waals surface area contributed by atoms with E-state index in [0.717, 1.165) is 23.9 Å². The zero-order valence-corrected chi connectivity index (χ0v) is 19.0. The molecule has 14 heteroatoms. The number of halogens is 3. The average molecular weight is 485 g/mol. The van der Waals surface area contributed by atoms with E-state index < -0.39 is 17.6 Å². The van der Waals surface area contributed by atoms with E-state index in [1.165, 1.54) is 6.07 Å². The van der Waals surface area contributed by atoms with Crippen LogP contribution in [0.1, 0.15) is 26.3 Å². The molecular formula is C19H23F3N8O2S. The molecule has 3 rings (SSSR count). The lowest BCUT2D eigenvalue weighted by molar-refractivity contribution is -0.137. The molecule has 2 heterocycles. The van der Waals surface area contributed by atoms with Gasteiger partial charge in [-0.1, -0.05) is 11.8 Å². The third kappa shape index (κ3) is 5.94. The van der Waals surface area contributed by atoms with Gasteiger partial charge in [-0.3, -0.25) is 4.79 Å². The second-order valence-corrected chi connectivity index (χ2v) is 7.47. The number of aromatic nitrogens is 5. The number of hydrogen-bond donors (Lipinski definition) is 3. The van der Waals surface area contributed by atoms with Crippen molar-refractivity contribution in [3.05, 3.63) is 23.8 Å². The molecule has 0 fully saturated rings. The van der Waals surface area contributed by atoms with Gasteiger partial charge in [-0.15, -0.1) is 10.2 Å². The number of carbonyl (C=O) groups is 1. The molecule has 2 aromatic heterocycles. The minimum Gasteiger partial charge on any atom is -0.492 e. The summed E-state index contributed by atoms with van der Waals surface area (Å²) < 4.78 is 46.2. The second kappa shape index (κ2) is 10.6. The standard InChI is InChI=1S/C19H23F3N8O2S/c1-4-23-15-26-16(24-5-2)30-17(27-15)28-29-18(30)33-10-14(31)25-12-9-11(19(20,21)22)7-8-13(12)32-6-3/h7-9H,4-6,10H2,1-3H3,(H,25,31)(H2,23,24,26,27,28). The quantitative estimate of drug-likeness (QED) is 0.371. The molecule has 0 saturated carbocycles. The topological polar surface area (TPSA) is 118 Å². The number of anilines is 3. The zero-order chi connectivity index (χ0) is 24.0. The van der Waals surface area contributed by atoms with Gasteiger partial charge in [-0.05, 0) is 39.0 Å². The predicted octanol–water partition coefficient (Wildman–Crippen LogP) is 3.53. The molecule has 0 spiro atoms. The summed E-state index contributed by atoms with van der Waals surface area (Å²) in [5, 5.41) is 17.0. The maximum absolute atomic E-state index is 13.1. The van der Waals surface area contributed by atoms with E-state index in [4.69, 9.17) is 4.74 Å². The van der Waals surface area contributed by atoms with Crippen LogP contribution in [-0.4, -0.2) is 55.9 Å². The smallest absolute Gasteiger partial charge is 0.416 e. The highest BCUT2D eigenvalue weighted by atomic mass is 32.2. The van der Waals surface area contributed by atoms with Crippen molar-refractivity contribution in [2.75, 3.05) is 41.4 Å². The van der Waals surface area contributed by atoms with Gasteiger partial charge in [0.25, 0.3) is 5.78 Å². The van der Waals surface area contributed by atoms with E-state index in [-0.39, 0.29) is 29.6 Å². The molecule has 0 saturated heterocycles. The van der Waals surface area contributed by atoms with Crippen molar-refractivity contribution in [1.29, 1.82) is 0 Å². The van der Waals surface area contributed by atoms with Gasteiger partial charge in [0.15, 0.2) is 5.16 Å². The van der Waals surface area contributed by atoms with E-state index in [1.807, 2.05) is 13.8 Å². The van der Waals surface area contributed by atoms with Gasteiger partial charge in [0, 0.05) is 13.1 Å². The van der Waals surface area contributed by atoms with Crippen LogP contribution >= 0.6 is 11.8 Å². The molecule has 33 heavy (non-hydrogen) atoms. The van der Waals surface area contributed by atoms with Crippen molar-refractivity contribution < 1.29 is 22.7 Å². The van der Waals surface area contributed by atoms with Crippen LogP contribution in [-0.2, 0) is 11.0 Å². The molecule has 3 aromatic rings. The van der Waals surface area contributed by atoms with Crippen LogP contribution in [0.15, 0.2) is 23.4 Å². The van der Waals surface area contributed by atoms with Crippen LogP contribution in [0.4, 0.5) is 30.8 Å². The van der Waals surface area contributed by atoms with Gasteiger partial charge < -0.3 is 20.7 Å². The number of benzene rings is 1. The third-order valence-electron chi connectivity index (χ3n) is 4.13. The van der Waals surface area contributed by atoms with Gasteiger partial charge in [-0.2, -0.15) is 23.1 Å². The minimum absolute atomic E-state index is 0.0599. The van der Waals surface area contributed by atoms with Crippen LogP contribution < -0.4 is 20.7 Å². The average Bonchev–Trinajstić information content (AvgIpc) is 3.16. The first-order chi connectivity index (χ1) is 15.8. The predicted molar refractivity (Wildman–Crippen MR) is 119 cm³/mol. The Hall–Kier alpha value is -3.29. The van der Waals surface area contributed by atoms with Crippen molar-refractivity contribution in [1.82, 2.24) is 24.6 Å². The number of fused-ring (bicyclic) bond motifs is 1. The molecule has 0 radical (unpaired) electrons. The van der Waals surface area contributed by atoms with Crippen LogP contribution in [0.3, 0.4) is 0 Å². The first-order valence-electron chi connectivity index (χ1n) is 10.1. The molecule has 0 bridgehead atoms. The fourth-order valence-electron chi connectivity index (χ4n) is 2.80. The summed E-state index contributed by atoms with van der Waals surface area (Å²) >= 11 is 1.05. The van der Waals surface area contributed by atoms with Gasteiger partial charge in [0.05, 0.1) is 23.6 Å². The maximum Gasteiger partial charge on any atom is 0.416 e. The number of alkyl halides is 3. The van der Waals surface area contributed by atoms with Crippen molar-refractivity contribution in [2.45, 2.75) is 32.1 Å². The molecule has 0 aliphatic carbocycles. The summed E-state index contributed by atoms with van der Waals surface area (Å²) in [6.07, 6.45) is -4.55. The number of thioether (sulfide) groups is 1. The van der Waals surface area contributed by atoms with Crippen molar-refractivity contribution in [2.24, 2.45) is 0 Å². The van der Waals surface area contributed by atoms with Crippen LogP contribution in [0, 0.1) is 0 Å². The highest BCUT2D eigenvalue weighted by Gasteiger charge is 2.31. The first kappa shape index (κ1) is 24.4. The monoisotopic (exact) mass is 484 g/mol. The first-order valence-corrected chi connectivity index (χ1v) is 11.1. The number of hydrogen-bond acceptors (Lipinski definition) is 9. The molecule has 3 N–H and O–H groups in total. The lowest BCUT2D eigenvalue weighted by Crippen LogP contribution is -2.17. The number of nitrogens with zero attached hydrogens (tertiary/aromatic N) is 5. The highest BCUT2D eigenvalue weighted by molar-refractivity contribution is 7.99. The Morgan fingerprint density at radius 3 is 2.55 bits per heavy atom. The fraction of sp³-hybridized carbons (Fsp3) is 0.421. The van der Waals surface area contributed by atoms with Crippen molar-refractivity contribution >= 4 is 41.0 Å². The van der Waals surface area contributed by atoms with Gasteiger partial charge in [-0.25, -0.2) is 4.40 Å². The molecule has 1 aromatic carbocycles. The van der Waals surface area contributed by atoms with Crippen molar-refractivity contribution in [3.63, 3.8) is 0 Å². The lowest BCUT2D eigenvalue weighted by atomic mass is 10.1. The van der Waals surface area contributed by atoms with Gasteiger partial charge in [0.1, 0.15) is 5.75 Å². The molecule has 10 nitrogen and oxygen atoms in total. The van der Waals surface area contributed by atoms with E-state index in [0.29, 0.717) is 30.1 Å². The maximum atomic E-state index is 13.1. The highest BCUT2D eigenvalue weighted by Crippen LogP contribution is 2.35. The fourth-order valence-corrected chi connectivity index (χ4v) is 3.53. The van der Waals surface area contributed by atoms with Crippen LogP contribution in [0.25, 0.3) is 5.78 Å². The third-order valence-corrected chi connectivity index (χ3v) is 5.06. The molecular weight excluding hydrogens is 461 g/mol. The SMILES string of the molecule is CCNc1nc(NCC)n2c(SCC(=O)Nc3cc(C(F)(F)F)ccc3OCC)nnc2n1. The Kier molecular flexibility index (Phi) is 7.79. The van der Waals surface area contributed by atoms with Crippen LogP contribution in [0.2, 0.25) is 0 Å². The second-order valence-electron chi connectivity index (χ2n) is 6.53. The molecule has 1 amide bonds. The van der Waals surface area contributed by atoms with E-state index in [2.05, 4.69) is 36.1 Å². The lowest BCUT2D eigenvalue weighted by Gasteiger charge is -2.14. The Balaban J connectivity index is 1.79.